The van der Waals surface area contributed by atoms with Crippen molar-refractivity contribution in [2.24, 2.45) is 4.99 Å². The molecule has 0 unspecified atom stereocenters. The molecule has 2 N–H and O–H groups in total. The van der Waals surface area contributed by atoms with Gasteiger partial charge in [-0.25, -0.2) is 0 Å². The van der Waals surface area contributed by atoms with Crippen LogP contribution in [0.5, 0.6) is 0 Å². The van der Waals surface area contributed by atoms with Gasteiger partial charge in [0.15, 0.2) is 5.17 Å². The van der Waals surface area contributed by atoms with E-state index in [1.54, 1.807) is 0 Å². The van der Waals surface area contributed by atoms with E-state index in [4.69, 9.17) is 0 Å². The molecule has 11 heteroatoms. The largest absolute Gasteiger partial charge is 0.416 e. The number of nitrogens with one attached hydrogen (secondary N) is 2. The smallest absolute Gasteiger partial charge is 0.379 e. The van der Waals surface area contributed by atoms with Crippen LogP contribution < -0.4 is 10.6 Å². The zero-order valence-electron chi connectivity index (χ0n) is 12.2. The number of rotatable bonds is 5. The number of benzene rings is 1. The molecule has 1 aromatic carbocycles. The molecule has 0 aliphatic carbocycles. The Morgan fingerprint density at radius 2 is 2.17 bits per heavy atom. The van der Waals surface area contributed by atoms with Gasteiger partial charge >= 0.3 is 6.18 Å². The summed E-state index contributed by atoms with van der Waals surface area (Å²) in [4.78, 5) is 25.7. The van der Waals surface area contributed by atoms with Crippen molar-refractivity contribution in [3.63, 3.8) is 0 Å². The minimum atomic E-state index is -4.66. The Balaban J connectivity index is 1.96. The first kappa shape index (κ1) is 18.0. The normalized spacial score (nSPS) is 14.2. The summed E-state index contributed by atoms with van der Waals surface area (Å²) in [6.45, 7) is 0.673. The van der Waals surface area contributed by atoms with Gasteiger partial charge in [0.25, 0.3) is 5.69 Å². The summed E-state index contributed by atoms with van der Waals surface area (Å²) >= 11 is 1.41. The van der Waals surface area contributed by atoms with E-state index in [1.165, 1.54) is 11.8 Å². The van der Waals surface area contributed by atoms with Gasteiger partial charge in [0.05, 0.1) is 17.0 Å². The summed E-state index contributed by atoms with van der Waals surface area (Å²) in [5.41, 5.74) is -1.87. The first-order valence-corrected chi connectivity index (χ1v) is 7.82. The molecule has 1 heterocycles. The number of hydrogen-bond acceptors (Lipinski definition) is 6. The molecule has 1 aromatic rings. The van der Waals surface area contributed by atoms with Gasteiger partial charge in [0.1, 0.15) is 5.69 Å². The van der Waals surface area contributed by atoms with Gasteiger partial charge in [-0.3, -0.25) is 19.9 Å². The first-order chi connectivity index (χ1) is 11.3. The Bertz CT molecular complexity index is 679. The van der Waals surface area contributed by atoms with Gasteiger partial charge in [-0.05, 0) is 12.1 Å². The number of carbonyl (C=O) groups excluding carboxylic acids is 1. The van der Waals surface area contributed by atoms with Crippen LogP contribution in [0, 0.1) is 10.1 Å². The molecular weight excluding hydrogens is 349 g/mol. The fourth-order valence-electron chi connectivity index (χ4n) is 1.91. The van der Waals surface area contributed by atoms with Gasteiger partial charge < -0.3 is 10.6 Å². The van der Waals surface area contributed by atoms with Gasteiger partial charge in [-0.2, -0.15) is 13.2 Å². The summed E-state index contributed by atoms with van der Waals surface area (Å²) in [7, 11) is 0. The van der Waals surface area contributed by atoms with Crippen LogP contribution in [0.2, 0.25) is 0 Å². The molecule has 0 saturated heterocycles. The molecule has 0 fully saturated rings. The van der Waals surface area contributed by atoms with Crippen LogP contribution in [0.4, 0.5) is 24.5 Å². The first-order valence-electron chi connectivity index (χ1n) is 6.84. The molecule has 1 aliphatic heterocycles. The van der Waals surface area contributed by atoms with Crippen LogP contribution in [0.1, 0.15) is 12.0 Å². The number of anilines is 1. The highest BCUT2D eigenvalue weighted by atomic mass is 32.2. The van der Waals surface area contributed by atoms with E-state index in [0.717, 1.165) is 17.9 Å². The van der Waals surface area contributed by atoms with Crippen molar-refractivity contribution in [3.05, 3.63) is 33.9 Å². The SMILES string of the molecule is O=C(CCNc1ccc(C(F)(F)F)cc1[N+](=O)[O-])NC1=NCCS1. The number of halogens is 3. The maximum Gasteiger partial charge on any atom is 0.416 e. The van der Waals surface area contributed by atoms with Gasteiger partial charge in [0, 0.05) is 24.8 Å². The number of aliphatic imine (C=N–C) groups is 1. The fraction of sp³-hybridized carbons (Fsp3) is 0.385. The lowest BCUT2D eigenvalue weighted by Gasteiger charge is -2.10. The van der Waals surface area contributed by atoms with E-state index in [2.05, 4.69) is 15.6 Å². The standard InChI is InChI=1S/C13H13F3N4O3S/c14-13(15,16)8-1-2-9(10(7-8)20(22)23)17-4-3-11(21)19-12-18-5-6-24-12/h1-2,7,17H,3-6H2,(H,18,19,21). The van der Waals surface area contributed by atoms with Crippen molar-refractivity contribution in [1.29, 1.82) is 0 Å². The molecule has 0 saturated carbocycles. The van der Waals surface area contributed by atoms with E-state index in [9.17, 15) is 28.1 Å². The zero-order chi connectivity index (χ0) is 17.7. The van der Waals surface area contributed by atoms with Gasteiger partial charge in [0.2, 0.25) is 5.91 Å². The molecule has 1 aliphatic rings. The van der Waals surface area contributed by atoms with Crippen LogP contribution in [-0.4, -0.2) is 34.8 Å². The molecule has 24 heavy (non-hydrogen) atoms. The highest BCUT2D eigenvalue weighted by Gasteiger charge is 2.33. The number of thioether (sulfide) groups is 1. The Hall–Kier alpha value is -2.30. The lowest BCUT2D eigenvalue weighted by Crippen LogP contribution is -2.28. The Labute approximate surface area is 138 Å². The van der Waals surface area contributed by atoms with Crippen LogP contribution in [-0.2, 0) is 11.0 Å². The molecule has 0 aromatic heterocycles. The lowest BCUT2D eigenvalue weighted by atomic mass is 10.1. The second-order valence-corrected chi connectivity index (χ2v) is 5.83. The van der Waals surface area contributed by atoms with Gasteiger partial charge in [-0.15, -0.1) is 0 Å². The maximum absolute atomic E-state index is 12.6. The summed E-state index contributed by atoms with van der Waals surface area (Å²) in [6.07, 6.45) is -4.67. The Morgan fingerprint density at radius 3 is 2.75 bits per heavy atom. The zero-order valence-corrected chi connectivity index (χ0v) is 13.0. The number of amides is 1. The Morgan fingerprint density at radius 1 is 1.42 bits per heavy atom. The Kier molecular flexibility index (Phi) is 5.65. The fourth-order valence-corrected chi connectivity index (χ4v) is 2.66. The molecule has 0 atom stereocenters. The van der Waals surface area contributed by atoms with Gasteiger partial charge in [-0.1, -0.05) is 11.8 Å². The minimum absolute atomic E-state index is 0.00223. The molecule has 2 rings (SSSR count). The van der Waals surface area contributed by atoms with E-state index in [1.807, 2.05) is 0 Å². The molecule has 130 valence electrons. The predicted octanol–water partition coefficient (Wildman–Crippen LogP) is 2.63. The molecule has 7 nitrogen and oxygen atoms in total. The summed E-state index contributed by atoms with van der Waals surface area (Å²) in [5, 5.41) is 16.7. The monoisotopic (exact) mass is 362 g/mol. The number of carbonyl (C=O) groups is 1. The van der Waals surface area contributed by atoms with E-state index in [-0.39, 0.29) is 24.6 Å². The lowest BCUT2D eigenvalue weighted by molar-refractivity contribution is -0.384. The molecule has 0 radical (unpaired) electrons. The van der Waals surface area contributed by atoms with Crippen LogP contribution in [0.15, 0.2) is 23.2 Å². The van der Waals surface area contributed by atoms with Crippen LogP contribution >= 0.6 is 11.8 Å². The van der Waals surface area contributed by atoms with E-state index < -0.39 is 22.4 Å². The quantitative estimate of drug-likeness (QED) is 0.620. The summed E-state index contributed by atoms with van der Waals surface area (Å²) in [6, 6.07) is 2.20. The minimum Gasteiger partial charge on any atom is -0.379 e. The average molecular weight is 362 g/mol. The van der Waals surface area contributed by atoms with Crippen molar-refractivity contribution in [1.82, 2.24) is 5.32 Å². The van der Waals surface area contributed by atoms with Crippen molar-refractivity contribution in [2.75, 3.05) is 24.2 Å². The third-order valence-corrected chi connectivity index (χ3v) is 3.91. The van der Waals surface area contributed by atoms with Crippen molar-refractivity contribution >= 4 is 34.2 Å². The second kappa shape index (κ2) is 7.51. The number of alkyl halides is 3. The number of nitro groups is 1. The third-order valence-electron chi connectivity index (χ3n) is 3.02. The number of amidine groups is 1. The van der Waals surface area contributed by atoms with Crippen LogP contribution in [0.25, 0.3) is 0 Å². The third kappa shape index (κ3) is 4.85. The van der Waals surface area contributed by atoms with Crippen molar-refractivity contribution < 1.29 is 22.9 Å². The second-order valence-electron chi connectivity index (χ2n) is 4.75. The number of nitrogens with zero attached hydrogens (tertiary/aromatic N) is 2. The van der Waals surface area contributed by atoms with Crippen LogP contribution in [0.3, 0.4) is 0 Å². The molecular formula is C13H13F3N4O3S. The number of nitro benzene ring substituents is 1. The highest BCUT2D eigenvalue weighted by molar-refractivity contribution is 8.14. The average Bonchev–Trinajstić information content (AvgIpc) is 2.99. The molecule has 0 bridgehead atoms. The van der Waals surface area contributed by atoms with Crippen molar-refractivity contribution in [3.8, 4) is 0 Å². The molecule has 1 amide bonds. The maximum atomic E-state index is 12.6. The summed E-state index contributed by atoms with van der Waals surface area (Å²) < 4.78 is 37.8. The highest BCUT2D eigenvalue weighted by Crippen LogP contribution is 2.34. The topological polar surface area (TPSA) is 96.6 Å². The summed E-state index contributed by atoms with van der Waals surface area (Å²) in [5.74, 6) is 0.469. The number of hydrogen-bond donors (Lipinski definition) is 2. The van der Waals surface area contributed by atoms with E-state index >= 15 is 0 Å². The van der Waals surface area contributed by atoms with E-state index in [0.29, 0.717) is 17.8 Å². The molecule has 0 spiro atoms. The predicted molar refractivity (Wildman–Crippen MR) is 84.1 cm³/mol. The van der Waals surface area contributed by atoms with Crippen molar-refractivity contribution in [2.45, 2.75) is 12.6 Å².